The van der Waals surface area contributed by atoms with E-state index in [4.69, 9.17) is 5.73 Å². The van der Waals surface area contributed by atoms with Gasteiger partial charge in [0, 0.05) is 24.2 Å². The van der Waals surface area contributed by atoms with Crippen molar-refractivity contribution in [2.75, 3.05) is 13.1 Å². The van der Waals surface area contributed by atoms with Crippen LogP contribution in [0.1, 0.15) is 66.7 Å². The maximum Gasteiger partial charge on any atom is 0.280 e. The summed E-state index contributed by atoms with van der Waals surface area (Å²) in [5.41, 5.74) is 5.15. The van der Waals surface area contributed by atoms with E-state index in [0.29, 0.717) is 19.0 Å². The molecule has 0 spiro atoms. The Balaban J connectivity index is 3.14. The zero-order chi connectivity index (χ0) is 16.3. The van der Waals surface area contributed by atoms with Crippen molar-refractivity contribution in [3.05, 3.63) is 0 Å². The molecule has 1 aliphatic rings. The number of hydrogen-bond acceptors (Lipinski definition) is 3. The number of rotatable bonds is 6. The van der Waals surface area contributed by atoms with Gasteiger partial charge in [-0.05, 0) is 46.0 Å². The Hall–Kier alpha value is -0.170. The van der Waals surface area contributed by atoms with Gasteiger partial charge in [0.15, 0.2) is 0 Å². The molecule has 0 heterocycles. The lowest BCUT2D eigenvalue weighted by atomic mass is 9.76. The molecule has 0 saturated heterocycles. The van der Waals surface area contributed by atoms with Crippen LogP contribution in [0.15, 0.2) is 0 Å². The highest BCUT2D eigenvalue weighted by Crippen LogP contribution is 2.37. The average Bonchev–Trinajstić information content (AvgIpc) is 2.32. The van der Waals surface area contributed by atoms with E-state index < -0.39 is 21.3 Å². The summed E-state index contributed by atoms with van der Waals surface area (Å²) in [6.07, 6.45) is 4.71. The molecule has 126 valence electrons. The topological polar surface area (TPSA) is 75.4 Å². The quantitative estimate of drug-likeness (QED) is 0.788. The molecular weight excluding hydrogens is 286 g/mol. The summed E-state index contributed by atoms with van der Waals surface area (Å²) in [5, 5.41) is 0. The lowest BCUT2D eigenvalue weighted by Gasteiger charge is -2.47. The molecule has 2 unspecified atom stereocenters. The van der Waals surface area contributed by atoms with E-state index in [0.717, 1.165) is 32.1 Å². The van der Waals surface area contributed by atoms with Crippen LogP contribution in [0.3, 0.4) is 0 Å². The Morgan fingerprint density at radius 3 is 2.43 bits per heavy atom. The summed E-state index contributed by atoms with van der Waals surface area (Å²) in [4.78, 5) is 0. The highest BCUT2D eigenvalue weighted by Gasteiger charge is 2.45. The van der Waals surface area contributed by atoms with Gasteiger partial charge in [0.25, 0.3) is 10.2 Å². The first kappa shape index (κ1) is 18.9. The van der Waals surface area contributed by atoms with E-state index in [1.54, 1.807) is 4.31 Å². The van der Waals surface area contributed by atoms with Crippen LogP contribution in [0.5, 0.6) is 0 Å². The van der Waals surface area contributed by atoms with Crippen LogP contribution in [-0.4, -0.2) is 36.9 Å². The Kier molecular flexibility index (Phi) is 6.24. The van der Waals surface area contributed by atoms with E-state index in [9.17, 15) is 8.42 Å². The van der Waals surface area contributed by atoms with Gasteiger partial charge < -0.3 is 5.73 Å². The van der Waals surface area contributed by atoms with Gasteiger partial charge in [-0.2, -0.15) is 17.4 Å². The summed E-state index contributed by atoms with van der Waals surface area (Å²) in [5.74, 6) is 0.520. The predicted octanol–water partition coefficient (Wildman–Crippen LogP) is 2.24. The maximum atomic E-state index is 12.9. The molecule has 0 bridgehead atoms. The fourth-order valence-electron chi connectivity index (χ4n) is 3.40. The zero-order valence-corrected chi connectivity index (χ0v) is 15.1. The molecule has 0 aromatic rings. The second-order valence-electron chi connectivity index (χ2n) is 7.56. The van der Waals surface area contributed by atoms with Gasteiger partial charge in [0.1, 0.15) is 0 Å². The van der Waals surface area contributed by atoms with Crippen LogP contribution < -0.4 is 10.5 Å². The molecule has 6 heteroatoms. The van der Waals surface area contributed by atoms with Gasteiger partial charge >= 0.3 is 0 Å². The third kappa shape index (κ3) is 4.91. The van der Waals surface area contributed by atoms with Crippen LogP contribution in [0.2, 0.25) is 0 Å². The second kappa shape index (κ2) is 6.94. The largest absolute Gasteiger partial charge is 0.329 e. The molecule has 21 heavy (non-hydrogen) atoms. The summed E-state index contributed by atoms with van der Waals surface area (Å²) in [6.45, 7) is 10.7. The van der Waals surface area contributed by atoms with E-state index in [2.05, 4.69) is 11.6 Å². The van der Waals surface area contributed by atoms with Crippen molar-refractivity contribution in [3.63, 3.8) is 0 Å². The Morgan fingerprint density at radius 1 is 1.38 bits per heavy atom. The van der Waals surface area contributed by atoms with Gasteiger partial charge in [-0.25, -0.2) is 0 Å². The van der Waals surface area contributed by atoms with Gasteiger partial charge in [0.05, 0.1) is 0 Å². The van der Waals surface area contributed by atoms with Crippen LogP contribution in [-0.2, 0) is 10.2 Å². The summed E-state index contributed by atoms with van der Waals surface area (Å²) >= 11 is 0. The summed E-state index contributed by atoms with van der Waals surface area (Å²) in [7, 11) is -3.53. The summed E-state index contributed by atoms with van der Waals surface area (Å²) < 4.78 is 30.2. The van der Waals surface area contributed by atoms with Gasteiger partial charge in [-0.3, -0.25) is 0 Å². The third-order valence-corrected chi connectivity index (χ3v) is 6.15. The van der Waals surface area contributed by atoms with Crippen molar-refractivity contribution in [3.8, 4) is 0 Å². The van der Waals surface area contributed by atoms with E-state index in [1.165, 1.54) is 0 Å². The Labute approximate surface area is 130 Å². The number of hydrogen-bond donors (Lipinski definition) is 2. The lowest BCUT2D eigenvalue weighted by molar-refractivity contribution is 0.106. The highest BCUT2D eigenvalue weighted by molar-refractivity contribution is 7.87. The highest BCUT2D eigenvalue weighted by atomic mass is 32.2. The number of nitrogens with one attached hydrogen (secondary N) is 1. The van der Waals surface area contributed by atoms with Crippen LogP contribution in [0, 0.1) is 5.92 Å². The first-order valence-electron chi connectivity index (χ1n) is 8.08. The van der Waals surface area contributed by atoms with Crippen LogP contribution >= 0.6 is 0 Å². The molecule has 0 amide bonds. The van der Waals surface area contributed by atoms with Crippen molar-refractivity contribution in [1.29, 1.82) is 0 Å². The number of nitrogens with two attached hydrogens (primary N) is 1. The fourth-order valence-corrected chi connectivity index (χ4v) is 5.46. The zero-order valence-electron chi connectivity index (χ0n) is 14.3. The van der Waals surface area contributed by atoms with Gasteiger partial charge in [-0.1, -0.05) is 26.7 Å². The van der Waals surface area contributed by atoms with Crippen LogP contribution in [0.4, 0.5) is 0 Å². The SMILES string of the molecule is CCCN(C1(CN)CCCC(C)C1)S(=O)(=O)NC(C)(C)C. The standard InChI is InChI=1S/C15H33N3O2S/c1-6-10-18(21(19,20)17-14(3,4)5)15(12-16)9-7-8-13(2)11-15/h13,17H,6-12,16H2,1-5H3. The van der Waals surface area contributed by atoms with Crippen molar-refractivity contribution >= 4 is 10.2 Å². The molecule has 0 aromatic heterocycles. The summed E-state index contributed by atoms with van der Waals surface area (Å²) in [6, 6.07) is 0. The van der Waals surface area contributed by atoms with E-state index in [1.807, 2.05) is 27.7 Å². The van der Waals surface area contributed by atoms with Crippen molar-refractivity contribution < 1.29 is 8.42 Å². The van der Waals surface area contributed by atoms with Crippen molar-refractivity contribution in [2.45, 2.75) is 77.8 Å². The smallest absolute Gasteiger partial charge is 0.280 e. The molecular formula is C15H33N3O2S. The molecule has 3 N–H and O–H groups in total. The van der Waals surface area contributed by atoms with E-state index >= 15 is 0 Å². The lowest BCUT2D eigenvalue weighted by Crippen LogP contribution is -2.62. The molecule has 0 radical (unpaired) electrons. The molecule has 1 saturated carbocycles. The second-order valence-corrected chi connectivity index (χ2v) is 9.15. The normalized spacial score (nSPS) is 28.0. The predicted molar refractivity (Wildman–Crippen MR) is 88.2 cm³/mol. The third-order valence-electron chi connectivity index (χ3n) is 4.13. The van der Waals surface area contributed by atoms with Crippen molar-refractivity contribution in [2.24, 2.45) is 11.7 Å². The molecule has 1 rings (SSSR count). The van der Waals surface area contributed by atoms with Crippen LogP contribution in [0.25, 0.3) is 0 Å². The molecule has 0 aromatic carbocycles. The minimum absolute atomic E-state index is 0.391. The Bertz CT molecular complexity index is 431. The molecule has 5 nitrogen and oxygen atoms in total. The monoisotopic (exact) mass is 319 g/mol. The molecule has 0 aliphatic heterocycles. The molecule has 1 aliphatic carbocycles. The van der Waals surface area contributed by atoms with E-state index in [-0.39, 0.29) is 0 Å². The Morgan fingerprint density at radius 2 is 2.00 bits per heavy atom. The first-order valence-corrected chi connectivity index (χ1v) is 9.52. The van der Waals surface area contributed by atoms with Gasteiger partial charge in [-0.15, -0.1) is 0 Å². The molecule has 1 fully saturated rings. The fraction of sp³-hybridized carbons (Fsp3) is 1.00. The maximum absolute atomic E-state index is 12.9. The minimum Gasteiger partial charge on any atom is -0.329 e. The number of nitrogens with zero attached hydrogens (tertiary/aromatic N) is 1. The molecule has 2 atom stereocenters. The minimum atomic E-state index is -3.53. The average molecular weight is 320 g/mol. The first-order chi connectivity index (χ1) is 9.56. The van der Waals surface area contributed by atoms with Crippen molar-refractivity contribution in [1.82, 2.24) is 9.03 Å². The van der Waals surface area contributed by atoms with Gasteiger partial charge in [0.2, 0.25) is 0 Å².